The Morgan fingerprint density at radius 1 is 1.30 bits per heavy atom. The SMILES string of the molecule is COc1ccccc1OCC(=O)NCCCN1CCCCC1C. The summed E-state index contributed by atoms with van der Waals surface area (Å²) in [7, 11) is 1.59. The second-order valence-corrected chi connectivity index (χ2v) is 6.02. The summed E-state index contributed by atoms with van der Waals surface area (Å²) in [5.41, 5.74) is 0. The first kappa shape index (κ1) is 17.6. The number of hydrogen-bond acceptors (Lipinski definition) is 4. The van der Waals surface area contributed by atoms with E-state index in [1.165, 1.54) is 25.8 Å². The Morgan fingerprint density at radius 2 is 2.09 bits per heavy atom. The highest BCUT2D eigenvalue weighted by atomic mass is 16.5. The molecule has 128 valence electrons. The van der Waals surface area contributed by atoms with E-state index >= 15 is 0 Å². The number of carbonyl (C=O) groups excluding carboxylic acids is 1. The number of rotatable bonds is 8. The van der Waals surface area contributed by atoms with Crippen molar-refractivity contribution in [2.24, 2.45) is 0 Å². The molecule has 5 heteroatoms. The van der Waals surface area contributed by atoms with E-state index in [0.29, 0.717) is 24.1 Å². The molecule has 0 radical (unpaired) electrons. The Morgan fingerprint density at radius 3 is 2.83 bits per heavy atom. The quantitative estimate of drug-likeness (QED) is 0.748. The molecule has 0 spiro atoms. The van der Waals surface area contributed by atoms with Crippen molar-refractivity contribution in [3.63, 3.8) is 0 Å². The highest BCUT2D eigenvalue weighted by Crippen LogP contribution is 2.25. The summed E-state index contributed by atoms with van der Waals surface area (Å²) in [6.07, 6.45) is 4.90. The van der Waals surface area contributed by atoms with Gasteiger partial charge in [0.05, 0.1) is 7.11 Å². The zero-order valence-electron chi connectivity index (χ0n) is 14.2. The van der Waals surface area contributed by atoms with E-state index in [0.717, 1.165) is 13.0 Å². The molecule has 5 nitrogen and oxygen atoms in total. The van der Waals surface area contributed by atoms with Crippen LogP contribution in [0.1, 0.15) is 32.6 Å². The molecule has 1 fully saturated rings. The van der Waals surface area contributed by atoms with Gasteiger partial charge >= 0.3 is 0 Å². The second kappa shape index (κ2) is 9.40. The van der Waals surface area contributed by atoms with E-state index in [4.69, 9.17) is 9.47 Å². The third-order valence-corrected chi connectivity index (χ3v) is 4.31. The largest absolute Gasteiger partial charge is 0.493 e. The van der Waals surface area contributed by atoms with E-state index in [1.807, 2.05) is 18.2 Å². The number of likely N-dealkylation sites (tertiary alicyclic amines) is 1. The van der Waals surface area contributed by atoms with Crippen molar-refractivity contribution in [1.82, 2.24) is 10.2 Å². The van der Waals surface area contributed by atoms with Gasteiger partial charge < -0.3 is 19.7 Å². The predicted molar refractivity (Wildman–Crippen MR) is 91.0 cm³/mol. The molecule has 0 saturated carbocycles. The van der Waals surface area contributed by atoms with E-state index in [1.54, 1.807) is 13.2 Å². The van der Waals surface area contributed by atoms with Gasteiger partial charge in [0.1, 0.15) is 0 Å². The summed E-state index contributed by atoms with van der Waals surface area (Å²) in [6, 6.07) is 8.01. The summed E-state index contributed by atoms with van der Waals surface area (Å²) in [5.74, 6) is 1.13. The van der Waals surface area contributed by atoms with Gasteiger partial charge in [0.2, 0.25) is 0 Å². The van der Waals surface area contributed by atoms with Crippen LogP contribution in [-0.4, -0.2) is 50.2 Å². The Kier molecular flexibility index (Phi) is 7.20. The Balaban J connectivity index is 1.61. The Hall–Kier alpha value is -1.75. The lowest BCUT2D eigenvalue weighted by molar-refractivity contribution is -0.123. The maximum atomic E-state index is 11.8. The number of benzene rings is 1. The minimum atomic E-state index is -0.0948. The fraction of sp³-hybridized carbons (Fsp3) is 0.611. The average Bonchev–Trinajstić information content (AvgIpc) is 2.58. The lowest BCUT2D eigenvalue weighted by Crippen LogP contribution is -2.39. The van der Waals surface area contributed by atoms with Crippen LogP contribution >= 0.6 is 0 Å². The molecule has 1 atom stereocenters. The van der Waals surface area contributed by atoms with Crippen LogP contribution < -0.4 is 14.8 Å². The van der Waals surface area contributed by atoms with E-state index in [9.17, 15) is 4.79 Å². The van der Waals surface area contributed by atoms with Crippen LogP contribution in [0.15, 0.2) is 24.3 Å². The molecule has 1 N–H and O–H groups in total. The van der Waals surface area contributed by atoms with Crippen LogP contribution in [0, 0.1) is 0 Å². The number of piperidine rings is 1. The Labute approximate surface area is 139 Å². The molecule has 2 rings (SSSR count). The van der Waals surface area contributed by atoms with E-state index in [2.05, 4.69) is 17.1 Å². The van der Waals surface area contributed by atoms with Gasteiger partial charge in [-0.05, 0) is 44.9 Å². The van der Waals surface area contributed by atoms with Crippen LogP contribution in [0.25, 0.3) is 0 Å². The maximum Gasteiger partial charge on any atom is 0.257 e. The minimum absolute atomic E-state index is 0.0144. The number of para-hydroxylation sites is 2. The lowest BCUT2D eigenvalue weighted by atomic mass is 10.0. The van der Waals surface area contributed by atoms with Crippen molar-refractivity contribution >= 4 is 5.91 Å². The summed E-state index contributed by atoms with van der Waals surface area (Å²) >= 11 is 0. The van der Waals surface area contributed by atoms with Crippen LogP contribution in [-0.2, 0) is 4.79 Å². The van der Waals surface area contributed by atoms with Crippen molar-refractivity contribution in [1.29, 1.82) is 0 Å². The lowest BCUT2D eigenvalue weighted by Gasteiger charge is -2.33. The number of ether oxygens (including phenoxy) is 2. The van der Waals surface area contributed by atoms with Gasteiger partial charge in [-0.3, -0.25) is 4.79 Å². The maximum absolute atomic E-state index is 11.8. The van der Waals surface area contributed by atoms with Gasteiger partial charge in [0.15, 0.2) is 18.1 Å². The predicted octanol–water partition coefficient (Wildman–Crippen LogP) is 2.45. The number of amides is 1. The van der Waals surface area contributed by atoms with E-state index < -0.39 is 0 Å². The normalized spacial score (nSPS) is 18.4. The monoisotopic (exact) mass is 320 g/mol. The van der Waals surface area contributed by atoms with Crippen molar-refractivity contribution < 1.29 is 14.3 Å². The molecule has 1 unspecified atom stereocenters. The van der Waals surface area contributed by atoms with Crippen molar-refractivity contribution in [3.8, 4) is 11.5 Å². The zero-order chi connectivity index (χ0) is 16.5. The van der Waals surface area contributed by atoms with Gasteiger partial charge in [0, 0.05) is 19.1 Å². The smallest absolute Gasteiger partial charge is 0.257 e. The van der Waals surface area contributed by atoms with Gasteiger partial charge in [0.25, 0.3) is 5.91 Å². The van der Waals surface area contributed by atoms with Gasteiger partial charge in [-0.1, -0.05) is 18.6 Å². The molecule has 0 aromatic heterocycles. The van der Waals surface area contributed by atoms with Gasteiger partial charge in [-0.2, -0.15) is 0 Å². The highest BCUT2D eigenvalue weighted by Gasteiger charge is 2.17. The summed E-state index contributed by atoms with van der Waals surface area (Å²) in [5, 5.41) is 2.91. The molecule has 1 aromatic rings. The summed E-state index contributed by atoms with van der Waals surface area (Å²) in [4.78, 5) is 14.4. The molecule has 1 aromatic carbocycles. The minimum Gasteiger partial charge on any atom is -0.493 e. The fourth-order valence-electron chi connectivity index (χ4n) is 2.93. The molecule has 0 aliphatic carbocycles. The molecular weight excluding hydrogens is 292 g/mol. The first-order chi connectivity index (χ1) is 11.2. The number of methoxy groups -OCH3 is 1. The first-order valence-electron chi connectivity index (χ1n) is 8.47. The third-order valence-electron chi connectivity index (χ3n) is 4.31. The fourth-order valence-corrected chi connectivity index (χ4v) is 2.93. The molecular formula is C18H28N2O3. The molecule has 1 amide bonds. The van der Waals surface area contributed by atoms with Crippen LogP contribution in [0.3, 0.4) is 0 Å². The molecule has 1 heterocycles. The van der Waals surface area contributed by atoms with Crippen molar-refractivity contribution in [3.05, 3.63) is 24.3 Å². The standard InChI is InChI=1S/C18H28N2O3/c1-15-8-5-6-12-20(15)13-7-11-19-18(21)14-23-17-10-4-3-9-16(17)22-2/h3-4,9-10,15H,5-8,11-14H2,1-2H3,(H,19,21). The van der Waals surface area contributed by atoms with Crippen molar-refractivity contribution in [2.45, 2.75) is 38.6 Å². The zero-order valence-corrected chi connectivity index (χ0v) is 14.2. The molecule has 1 aliphatic rings. The van der Waals surface area contributed by atoms with Crippen molar-refractivity contribution in [2.75, 3.05) is 33.4 Å². The Bertz CT molecular complexity index is 493. The molecule has 0 bridgehead atoms. The average molecular weight is 320 g/mol. The molecule has 23 heavy (non-hydrogen) atoms. The number of carbonyl (C=O) groups is 1. The summed E-state index contributed by atoms with van der Waals surface area (Å²) in [6.45, 7) is 5.23. The van der Waals surface area contributed by atoms with Gasteiger partial charge in [-0.15, -0.1) is 0 Å². The highest BCUT2D eigenvalue weighted by molar-refractivity contribution is 5.77. The number of nitrogens with zero attached hydrogens (tertiary/aromatic N) is 1. The van der Waals surface area contributed by atoms with Crippen LogP contribution in [0.4, 0.5) is 0 Å². The van der Waals surface area contributed by atoms with E-state index in [-0.39, 0.29) is 12.5 Å². The third kappa shape index (κ3) is 5.75. The second-order valence-electron chi connectivity index (χ2n) is 6.02. The molecule has 1 saturated heterocycles. The summed E-state index contributed by atoms with van der Waals surface area (Å²) < 4.78 is 10.7. The first-order valence-corrected chi connectivity index (χ1v) is 8.47. The van der Waals surface area contributed by atoms with Crippen LogP contribution in [0.5, 0.6) is 11.5 Å². The molecule has 1 aliphatic heterocycles. The van der Waals surface area contributed by atoms with Gasteiger partial charge in [-0.25, -0.2) is 0 Å². The van der Waals surface area contributed by atoms with Crippen LogP contribution in [0.2, 0.25) is 0 Å². The number of nitrogens with one attached hydrogen (secondary N) is 1. The topological polar surface area (TPSA) is 50.8 Å². The number of hydrogen-bond donors (Lipinski definition) is 1.